The second kappa shape index (κ2) is 13.1. The van der Waals surface area contributed by atoms with Crippen LogP contribution in [0.4, 0.5) is 0 Å². The first kappa shape index (κ1) is 20.4. The highest BCUT2D eigenvalue weighted by Crippen LogP contribution is 2.05. The molecular weight excluding hydrogens is 280 g/mol. The molecule has 0 saturated carbocycles. The van der Waals surface area contributed by atoms with Crippen molar-refractivity contribution in [3.63, 3.8) is 0 Å². The number of hydrogen-bond donors (Lipinski definition) is 2. The standard InChI is InChI=1S/C18H28O4/c1-4-22-18(21)13-9-12-16(19)10-7-5-6-8-11-17(20)14-15(2)3/h5-6,8,11,15-17,19-20H,4,9,12-14H2,1-3H3. The summed E-state index contributed by atoms with van der Waals surface area (Å²) in [6, 6.07) is 0. The predicted molar refractivity (Wildman–Crippen MR) is 88.0 cm³/mol. The van der Waals surface area contributed by atoms with E-state index in [9.17, 15) is 15.0 Å². The van der Waals surface area contributed by atoms with Gasteiger partial charge in [0.1, 0.15) is 6.10 Å². The maximum absolute atomic E-state index is 11.1. The van der Waals surface area contributed by atoms with Crippen LogP contribution < -0.4 is 0 Å². The van der Waals surface area contributed by atoms with Crippen molar-refractivity contribution < 1.29 is 19.7 Å². The van der Waals surface area contributed by atoms with Crippen molar-refractivity contribution in [1.29, 1.82) is 0 Å². The summed E-state index contributed by atoms with van der Waals surface area (Å²) in [5.41, 5.74) is 0. The van der Waals surface area contributed by atoms with Gasteiger partial charge in [-0.2, -0.15) is 0 Å². The van der Waals surface area contributed by atoms with Gasteiger partial charge in [-0.05, 0) is 38.2 Å². The van der Waals surface area contributed by atoms with E-state index >= 15 is 0 Å². The van der Waals surface area contributed by atoms with E-state index in [1.54, 1.807) is 31.2 Å². The molecule has 0 aromatic heterocycles. The quantitative estimate of drug-likeness (QED) is 0.390. The van der Waals surface area contributed by atoms with E-state index < -0.39 is 12.2 Å². The third-order valence-corrected chi connectivity index (χ3v) is 2.75. The fraction of sp³-hybridized carbons (Fsp3) is 0.611. The van der Waals surface area contributed by atoms with Gasteiger partial charge in [0.15, 0.2) is 0 Å². The van der Waals surface area contributed by atoms with E-state index in [2.05, 4.69) is 25.7 Å². The van der Waals surface area contributed by atoms with Crippen molar-refractivity contribution in [2.24, 2.45) is 5.92 Å². The van der Waals surface area contributed by atoms with Crippen LogP contribution in [-0.2, 0) is 9.53 Å². The third kappa shape index (κ3) is 13.4. The van der Waals surface area contributed by atoms with Crippen molar-refractivity contribution in [1.82, 2.24) is 0 Å². The molecule has 4 heteroatoms. The Morgan fingerprint density at radius 2 is 2.00 bits per heavy atom. The van der Waals surface area contributed by atoms with Crippen LogP contribution in [0.25, 0.3) is 0 Å². The zero-order valence-electron chi connectivity index (χ0n) is 13.8. The van der Waals surface area contributed by atoms with Gasteiger partial charge in [-0.15, -0.1) is 0 Å². The smallest absolute Gasteiger partial charge is 0.305 e. The number of allylic oxidation sites excluding steroid dienone is 3. The minimum Gasteiger partial charge on any atom is -0.466 e. The molecule has 0 radical (unpaired) electrons. The Bertz CT molecular complexity index is 413. The van der Waals surface area contributed by atoms with Gasteiger partial charge in [0.2, 0.25) is 0 Å². The molecule has 0 heterocycles. The largest absolute Gasteiger partial charge is 0.466 e. The van der Waals surface area contributed by atoms with Gasteiger partial charge in [-0.1, -0.05) is 43.9 Å². The molecule has 4 nitrogen and oxygen atoms in total. The Labute approximate surface area is 133 Å². The van der Waals surface area contributed by atoms with Crippen LogP contribution >= 0.6 is 0 Å². The zero-order chi connectivity index (χ0) is 16.8. The first-order chi connectivity index (χ1) is 10.5. The van der Waals surface area contributed by atoms with Gasteiger partial charge in [0.05, 0.1) is 12.7 Å². The van der Waals surface area contributed by atoms with Gasteiger partial charge in [-0.25, -0.2) is 0 Å². The summed E-state index contributed by atoms with van der Waals surface area (Å²) < 4.78 is 4.80. The van der Waals surface area contributed by atoms with Crippen molar-refractivity contribution in [3.8, 4) is 11.8 Å². The van der Waals surface area contributed by atoms with Crippen LogP contribution in [0.5, 0.6) is 0 Å². The van der Waals surface area contributed by atoms with Gasteiger partial charge < -0.3 is 14.9 Å². The van der Waals surface area contributed by atoms with Crippen molar-refractivity contribution in [3.05, 3.63) is 24.3 Å². The monoisotopic (exact) mass is 308 g/mol. The van der Waals surface area contributed by atoms with E-state index in [0.717, 1.165) is 6.42 Å². The second-order valence-electron chi connectivity index (χ2n) is 5.44. The summed E-state index contributed by atoms with van der Waals surface area (Å²) in [5.74, 6) is 5.62. The molecule has 0 spiro atoms. The maximum Gasteiger partial charge on any atom is 0.305 e. The molecule has 0 aliphatic heterocycles. The topological polar surface area (TPSA) is 66.8 Å². The first-order valence-corrected chi connectivity index (χ1v) is 7.81. The SMILES string of the molecule is CCOC(=O)CCCC(O)C#CC=CC=CC(O)CC(C)C. The number of aliphatic hydroxyl groups is 2. The van der Waals surface area contributed by atoms with Gasteiger partial charge in [0.25, 0.3) is 0 Å². The van der Waals surface area contributed by atoms with E-state index in [-0.39, 0.29) is 5.97 Å². The molecule has 0 fully saturated rings. The van der Waals surface area contributed by atoms with Crippen LogP contribution in [0.15, 0.2) is 24.3 Å². The van der Waals surface area contributed by atoms with Crippen molar-refractivity contribution in [2.45, 2.75) is 58.7 Å². The summed E-state index contributed by atoms with van der Waals surface area (Å²) in [4.78, 5) is 11.1. The average Bonchev–Trinajstić information content (AvgIpc) is 2.42. The van der Waals surface area contributed by atoms with Crippen LogP contribution in [-0.4, -0.2) is 35.0 Å². The molecule has 0 aliphatic rings. The molecule has 2 unspecified atom stereocenters. The molecule has 0 amide bonds. The molecule has 0 aromatic carbocycles. The number of hydrogen-bond acceptors (Lipinski definition) is 4. The van der Waals surface area contributed by atoms with Crippen LogP contribution in [0.1, 0.15) is 46.5 Å². The number of carbonyl (C=O) groups is 1. The summed E-state index contributed by atoms with van der Waals surface area (Å²) in [7, 11) is 0. The highest BCUT2D eigenvalue weighted by atomic mass is 16.5. The number of esters is 1. The Morgan fingerprint density at radius 1 is 1.27 bits per heavy atom. The van der Waals surface area contributed by atoms with Crippen LogP contribution in [0.3, 0.4) is 0 Å². The van der Waals surface area contributed by atoms with E-state index in [1.807, 2.05) is 0 Å². The first-order valence-electron chi connectivity index (χ1n) is 7.81. The zero-order valence-corrected chi connectivity index (χ0v) is 13.8. The van der Waals surface area contributed by atoms with E-state index in [4.69, 9.17) is 4.74 Å². The van der Waals surface area contributed by atoms with Gasteiger partial charge in [0, 0.05) is 6.42 Å². The predicted octanol–water partition coefficient (Wildman–Crippen LogP) is 2.60. The van der Waals surface area contributed by atoms with Gasteiger partial charge >= 0.3 is 5.97 Å². The van der Waals surface area contributed by atoms with Crippen molar-refractivity contribution >= 4 is 5.97 Å². The molecular formula is C18H28O4. The maximum atomic E-state index is 11.1. The van der Waals surface area contributed by atoms with Crippen LogP contribution in [0.2, 0.25) is 0 Å². The summed E-state index contributed by atoms with van der Waals surface area (Å²) in [5, 5.41) is 19.2. The number of ether oxygens (including phenoxy) is 1. The normalized spacial score (nSPS) is 14.1. The molecule has 2 N–H and O–H groups in total. The number of carbonyl (C=O) groups excluding carboxylic acids is 1. The average molecular weight is 308 g/mol. The third-order valence-electron chi connectivity index (χ3n) is 2.75. The summed E-state index contributed by atoms with van der Waals surface area (Å²) in [6.07, 6.45) is 7.66. The Kier molecular flexibility index (Phi) is 12.2. The minimum absolute atomic E-state index is 0.243. The molecule has 124 valence electrons. The van der Waals surface area contributed by atoms with Gasteiger partial charge in [-0.3, -0.25) is 4.79 Å². The molecule has 0 saturated heterocycles. The lowest BCUT2D eigenvalue weighted by Gasteiger charge is -2.06. The Balaban J connectivity index is 3.91. The molecule has 0 aromatic rings. The number of rotatable bonds is 9. The molecule has 0 aliphatic carbocycles. The summed E-state index contributed by atoms with van der Waals surface area (Å²) in [6.45, 7) is 6.26. The summed E-state index contributed by atoms with van der Waals surface area (Å²) >= 11 is 0. The second-order valence-corrected chi connectivity index (χ2v) is 5.44. The molecule has 0 bridgehead atoms. The highest BCUT2D eigenvalue weighted by Gasteiger charge is 2.04. The van der Waals surface area contributed by atoms with Crippen molar-refractivity contribution in [2.75, 3.05) is 6.61 Å². The lowest BCUT2D eigenvalue weighted by Crippen LogP contribution is -2.07. The highest BCUT2D eigenvalue weighted by molar-refractivity contribution is 5.69. The Hall–Kier alpha value is -1.57. The Morgan fingerprint density at radius 3 is 2.64 bits per heavy atom. The molecule has 22 heavy (non-hydrogen) atoms. The number of aliphatic hydroxyl groups excluding tert-OH is 2. The van der Waals surface area contributed by atoms with Crippen LogP contribution in [0, 0.1) is 17.8 Å². The van der Waals surface area contributed by atoms with E-state index in [1.165, 1.54) is 0 Å². The molecule has 2 atom stereocenters. The lowest BCUT2D eigenvalue weighted by atomic mass is 10.1. The fourth-order valence-corrected chi connectivity index (χ4v) is 1.75. The molecule has 0 rings (SSSR count). The fourth-order valence-electron chi connectivity index (χ4n) is 1.75. The van der Waals surface area contributed by atoms with E-state index in [0.29, 0.717) is 31.8 Å². The lowest BCUT2D eigenvalue weighted by molar-refractivity contribution is -0.143. The minimum atomic E-state index is -0.741.